The average molecular weight is 215 g/mol. The van der Waals surface area contributed by atoms with E-state index in [0.717, 1.165) is 0 Å². The third-order valence-electron chi connectivity index (χ3n) is 1.48. The van der Waals surface area contributed by atoms with Gasteiger partial charge in [-0.25, -0.2) is 4.79 Å². The van der Waals surface area contributed by atoms with Gasteiger partial charge in [0.1, 0.15) is 12.3 Å². The van der Waals surface area contributed by atoms with Crippen molar-refractivity contribution >= 4 is 11.9 Å². The van der Waals surface area contributed by atoms with E-state index in [1.165, 1.54) is 6.92 Å². The van der Waals surface area contributed by atoms with Crippen LogP contribution in [0.3, 0.4) is 0 Å². The molecule has 0 saturated carbocycles. The lowest BCUT2D eigenvalue weighted by Crippen LogP contribution is -2.33. The van der Waals surface area contributed by atoms with Gasteiger partial charge in [0.2, 0.25) is 0 Å². The van der Waals surface area contributed by atoms with Crippen LogP contribution in [0, 0.1) is 0 Å². The number of carbonyl (C=O) groups is 2. The summed E-state index contributed by atoms with van der Waals surface area (Å²) in [6, 6.07) is -0.175. The largest absolute Gasteiger partial charge is 0.464 e. The first-order valence-corrected chi connectivity index (χ1v) is 4.73. The minimum absolute atomic E-state index is 0.163. The molecule has 0 aliphatic rings. The number of nitrogens with one attached hydrogen (secondary N) is 1. The Kier molecular flexibility index (Phi) is 6.17. The maximum atomic E-state index is 11.1. The molecule has 0 aliphatic carbocycles. The smallest absolute Gasteiger partial charge is 0.353 e. The highest BCUT2D eigenvalue weighted by Gasteiger charge is 2.11. The van der Waals surface area contributed by atoms with Crippen LogP contribution in [0.1, 0.15) is 20.8 Å². The molecule has 0 fully saturated rings. The van der Waals surface area contributed by atoms with Crippen molar-refractivity contribution in [2.24, 2.45) is 0 Å². The van der Waals surface area contributed by atoms with E-state index in [9.17, 15) is 9.59 Å². The van der Waals surface area contributed by atoms with Gasteiger partial charge in [0.15, 0.2) is 0 Å². The molecule has 1 atom stereocenters. The third-order valence-corrected chi connectivity index (χ3v) is 1.48. The van der Waals surface area contributed by atoms with E-state index in [-0.39, 0.29) is 24.3 Å². The average Bonchev–Trinajstić information content (AvgIpc) is 2.15. The molecule has 1 N–H and O–H groups in total. The van der Waals surface area contributed by atoms with E-state index < -0.39 is 5.97 Å². The molecule has 0 radical (unpaired) electrons. The maximum absolute atomic E-state index is 11.1. The molecule has 15 heavy (non-hydrogen) atoms. The zero-order valence-electron chi connectivity index (χ0n) is 9.33. The van der Waals surface area contributed by atoms with Gasteiger partial charge in [0.05, 0.1) is 12.6 Å². The molecule has 0 aromatic rings. The molecule has 0 amide bonds. The van der Waals surface area contributed by atoms with Crippen LogP contribution >= 0.6 is 0 Å². The lowest BCUT2D eigenvalue weighted by atomic mass is 10.3. The molecular formula is C10H17NO4. The number of esters is 2. The van der Waals surface area contributed by atoms with E-state index in [4.69, 9.17) is 9.47 Å². The highest BCUT2D eigenvalue weighted by atomic mass is 16.5. The van der Waals surface area contributed by atoms with Gasteiger partial charge in [0.25, 0.3) is 0 Å². The number of hydrogen-bond donors (Lipinski definition) is 1. The number of rotatable bonds is 6. The Labute approximate surface area is 89.4 Å². The second-order valence-corrected chi connectivity index (χ2v) is 3.05. The SMILES string of the molecule is C=C(N[C@@H](C)COC(C)=O)C(=O)OCC. The highest BCUT2D eigenvalue weighted by Crippen LogP contribution is 1.94. The van der Waals surface area contributed by atoms with E-state index in [0.29, 0.717) is 6.61 Å². The lowest BCUT2D eigenvalue weighted by Gasteiger charge is -2.15. The summed E-state index contributed by atoms with van der Waals surface area (Å²) in [6.45, 7) is 8.82. The van der Waals surface area contributed by atoms with Gasteiger partial charge in [-0.1, -0.05) is 6.58 Å². The molecule has 0 aromatic carbocycles. The van der Waals surface area contributed by atoms with Crippen molar-refractivity contribution in [2.75, 3.05) is 13.2 Å². The van der Waals surface area contributed by atoms with Crippen molar-refractivity contribution in [1.29, 1.82) is 0 Å². The van der Waals surface area contributed by atoms with Crippen molar-refractivity contribution < 1.29 is 19.1 Å². The quantitative estimate of drug-likeness (QED) is 0.519. The molecular weight excluding hydrogens is 198 g/mol. The maximum Gasteiger partial charge on any atom is 0.353 e. The van der Waals surface area contributed by atoms with Crippen LogP contribution in [0.5, 0.6) is 0 Å². The summed E-state index contributed by atoms with van der Waals surface area (Å²) in [5, 5.41) is 2.77. The van der Waals surface area contributed by atoms with Crippen molar-refractivity contribution in [2.45, 2.75) is 26.8 Å². The summed E-state index contributed by atoms with van der Waals surface area (Å²) in [6.07, 6.45) is 0. The lowest BCUT2D eigenvalue weighted by molar-refractivity contribution is -0.141. The van der Waals surface area contributed by atoms with Crippen LogP contribution in [0.25, 0.3) is 0 Å². The fourth-order valence-corrected chi connectivity index (χ4v) is 0.859. The number of ether oxygens (including phenoxy) is 2. The van der Waals surface area contributed by atoms with Crippen LogP contribution < -0.4 is 5.32 Å². The molecule has 86 valence electrons. The fraction of sp³-hybridized carbons (Fsp3) is 0.600. The number of hydrogen-bond acceptors (Lipinski definition) is 5. The predicted octanol–water partition coefficient (Wildman–Crippen LogP) is 0.604. The Balaban J connectivity index is 3.85. The Morgan fingerprint density at radius 3 is 2.47 bits per heavy atom. The molecule has 5 heteroatoms. The van der Waals surface area contributed by atoms with E-state index in [1.54, 1.807) is 13.8 Å². The monoisotopic (exact) mass is 215 g/mol. The summed E-state index contributed by atoms with van der Waals surface area (Å²) in [7, 11) is 0. The minimum atomic E-state index is -0.493. The van der Waals surface area contributed by atoms with Crippen LogP contribution in [-0.4, -0.2) is 31.2 Å². The van der Waals surface area contributed by atoms with Gasteiger partial charge in [-0.3, -0.25) is 4.79 Å². The third kappa shape index (κ3) is 6.54. The summed E-state index contributed by atoms with van der Waals surface area (Å²) < 4.78 is 9.47. The van der Waals surface area contributed by atoms with Gasteiger partial charge in [-0.15, -0.1) is 0 Å². The van der Waals surface area contributed by atoms with Crippen LogP contribution in [0.4, 0.5) is 0 Å². The summed E-state index contributed by atoms with van der Waals surface area (Å²) in [4.78, 5) is 21.6. The van der Waals surface area contributed by atoms with Gasteiger partial charge in [-0.05, 0) is 13.8 Å². The second kappa shape index (κ2) is 6.86. The van der Waals surface area contributed by atoms with Crippen molar-refractivity contribution in [3.05, 3.63) is 12.3 Å². The first kappa shape index (κ1) is 13.5. The highest BCUT2D eigenvalue weighted by molar-refractivity contribution is 5.87. The van der Waals surface area contributed by atoms with Gasteiger partial charge < -0.3 is 14.8 Å². The molecule has 0 unspecified atom stereocenters. The fourth-order valence-electron chi connectivity index (χ4n) is 0.859. The van der Waals surface area contributed by atoms with E-state index in [1.807, 2.05) is 0 Å². The molecule has 0 saturated heterocycles. The standard InChI is InChI=1S/C10H17NO4/c1-5-14-10(13)8(3)11-7(2)6-15-9(4)12/h7,11H,3,5-6H2,1-2,4H3/t7-/m0/s1. The minimum Gasteiger partial charge on any atom is -0.464 e. The molecule has 0 heterocycles. The topological polar surface area (TPSA) is 64.6 Å². The van der Waals surface area contributed by atoms with E-state index in [2.05, 4.69) is 11.9 Å². The normalized spacial score (nSPS) is 11.4. The Bertz CT molecular complexity index is 250. The summed E-state index contributed by atoms with van der Waals surface area (Å²) in [5.74, 6) is -0.849. The Morgan fingerprint density at radius 1 is 1.40 bits per heavy atom. The van der Waals surface area contributed by atoms with Gasteiger partial charge in [0, 0.05) is 6.92 Å². The molecule has 5 nitrogen and oxygen atoms in total. The predicted molar refractivity (Wildman–Crippen MR) is 55.0 cm³/mol. The zero-order valence-corrected chi connectivity index (χ0v) is 9.33. The van der Waals surface area contributed by atoms with Crippen molar-refractivity contribution in [3.8, 4) is 0 Å². The molecule has 0 bridgehead atoms. The first-order valence-electron chi connectivity index (χ1n) is 4.73. The Morgan fingerprint density at radius 2 is 2.00 bits per heavy atom. The van der Waals surface area contributed by atoms with Crippen LogP contribution in [-0.2, 0) is 19.1 Å². The number of carbonyl (C=O) groups excluding carboxylic acids is 2. The Hall–Kier alpha value is -1.52. The summed E-state index contributed by atoms with van der Waals surface area (Å²) in [5.41, 5.74) is 0.163. The van der Waals surface area contributed by atoms with Crippen molar-refractivity contribution in [1.82, 2.24) is 5.32 Å². The molecule has 0 rings (SSSR count). The van der Waals surface area contributed by atoms with Crippen LogP contribution in [0.15, 0.2) is 12.3 Å². The summed E-state index contributed by atoms with van der Waals surface area (Å²) >= 11 is 0. The van der Waals surface area contributed by atoms with E-state index >= 15 is 0 Å². The zero-order chi connectivity index (χ0) is 11.8. The second-order valence-electron chi connectivity index (χ2n) is 3.05. The van der Waals surface area contributed by atoms with Crippen molar-refractivity contribution in [3.63, 3.8) is 0 Å². The molecule has 0 spiro atoms. The van der Waals surface area contributed by atoms with Gasteiger partial charge in [-0.2, -0.15) is 0 Å². The molecule has 0 aromatic heterocycles. The van der Waals surface area contributed by atoms with Crippen LogP contribution in [0.2, 0.25) is 0 Å². The van der Waals surface area contributed by atoms with Gasteiger partial charge >= 0.3 is 11.9 Å². The molecule has 0 aliphatic heterocycles. The first-order chi connectivity index (χ1) is 6.97.